The molecular formula is C13H19N3OS. The van der Waals surface area contributed by atoms with E-state index < -0.39 is 0 Å². The molecule has 0 fully saturated rings. The molecular weight excluding hydrogens is 246 g/mol. The molecule has 0 atom stereocenters. The maximum absolute atomic E-state index is 5.80. The molecule has 0 heterocycles. The van der Waals surface area contributed by atoms with E-state index in [-0.39, 0.29) is 0 Å². The van der Waals surface area contributed by atoms with Crippen molar-refractivity contribution in [3.05, 3.63) is 36.9 Å². The highest BCUT2D eigenvalue weighted by Gasteiger charge is 2.01. The monoisotopic (exact) mass is 265 g/mol. The quantitative estimate of drug-likeness (QED) is 0.344. The molecule has 5 heteroatoms. The molecule has 0 amide bonds. The Hall–Kier alpha value is -1.62. The van der Waals surface area contributed by atoms with Gasteiger partial charge in [0.1, 0.15) is 5.75 Å². The number of methoxy groups -OCH3 is 1. The Labute approximate surface area is 112 Å². The second kappa shape index (κ2) is 8.47. The van der Waals surface area contributed by atoms with Crippen LogP contribution in [0.2, 0.25) is 0 Å². The maximum atomic E-state index is 5.80. The number of nitrogens with one attached hydrogen (secondary N) is 1. The molecule has 0 aliphatic carbocycles. The molecule has 0 saturated carbocycles. The molecule has 4 nitrogen and oxygen atoms in total. The normalized spacial score (nSPS) is 11.1. The average Bonchev–Trinajstić information content (AvgIpc) is 2.39. The van der Waals surface area contributed by atoms with Crippen LogP contribution in [0.3, 0.4) is 0 Å². The lowest BCUT2D eigenvalue weighted by atomic mass is 10.3. The van der Waals surface area contributed by atoms with Crippen LogP contribution in [0.4, 0.5) is 5.69 Å². The molecule has 0 spiro atoms. The molecule has 0 aliphatic heterocycles. The number of nitrogens with two attached hydrogens (primary N) is 1. The smallest absolute Gasteiger partial charge is 0.193 e. The van der Waals surface area contributed by atoms with Gasteiger partial charge in [0.25, 0.3) is 0 Å². The fourth-order valence-electron chi connectivity index (χ4n) is 1.32. The molecule has 0 unspecified atom stereocenters. The van der Waals surface area contributed by atoms with Crippen molar-refractivity contribution >= 4 is 23.4 Å². The number of hydrogen-bond donors (Lipinski definition) is 2. The topological polar surface area (TPSA) is 59.6 Å². The van der Waals surface area contributed by atoms with E-state index in [1.165, 1.54) is 0 Å². The summed E-state index contributed by atoms with van der Waals surface area (Å²) in [5.41, 5.74) is 6.62. The van der Waals surface area contributed by atoms with Crippen molar-refractivity contribution in [3.8, 4) is 5.75 Å². The van der Waals surface area contributed by atoms with E-state index in [2.05, 4.69) is 16.9 Å². The van der Waals surface area contributed by atoms with Crippen LogP contribution in [-0.2, 0) is 0 Å². The van der Waals surface area contributed by atoms with Gasteiger partial charge in [0.2, 0.25) is 0 Å². The van der Waals surface area contributed by atoms with Crippen molar-refractivity contribution in [1.29, 1.82) is 0 Å². The Morgan fingerprint density at radius 1 is 1.56 bits per heavy atom. The Balaban J connectivity index is 2.45. The Kier molecular flexibility index (Phi) is 6.79. The molecule has 98 valence electrons. The molecule has 0 aromatic heterocycles. The van der Waals surface area contributed by atoms with Crippen molar-refractivity contribution in [2.24, 2.45) is 10.7 Å². The summed E-state index contributed by atoms with van der Waals surface area (Å²) in [6, 6.07) is 7.59. The minimum Gasteiger partial charge on any atom is -0.495 e. The minimum atomic E-state index is 0.402. The van der Waals surface area contributed by atoms with Crippen LogP contribution < -0.4 is 15.8 Å². The zero-order valence-corrected chi connectivity index (χ0v) is 11.4. The van der Waals surface area contributed by atoms with Gasteiger partial charge in [-0.15, -0.1) is 6.58 Å². The van der Waals surface area contributed by atoms with Crippen LogP contribution in [0, 0.1) is 0 Å². The Bertz CT molecular complexity index is 407. The van der Waals surface area contributed by atoms with E-state index in [0.29, 0.717) is 12.5 Å². The first-order valence-corrected chi connectivity index (χ1v) is 6.82. The molecule has 0 radical (unpaired) electrons. The number of anilines is 1. The van der Waals surface area contributed by atoms with Crippen LogP contribution >= 0.6 is 11.8 Å². The first-order chi connectivity index (χ1) is 8.77. The molecule has 1 rings (SSSR count). The standard InChI is InChI=1S/C13H19N3OS/c1-3-9-18-10-8-15-13(14)16-11-6-4-5-7-12(11)17-2/h3-7H,1,8-10H2,2H3,(H3,14,15,16). The average molecular weight is 265 g/mol. The first kappa shape index (κ1) is 14.4. The number of ether oxygens (including phenoxy) is 1. The van der Waals surface area contributed by atoms with Crippen LogP contribution in [0.15, 0.2) is 41.9 Å². The molecule has 0 saturated heterocycles. The Morgan fingerprint density at radius 2 is 2.33 bits per heavy atom. The number of aliphatic imine (C=N–C) groups is 1. The maximum Gasteiger partial charge on any atom is 0.193 e. The van der Waals surface area contributed by atoms with Crippen molar-refractivity contribution in [2.45, 2.75) is 0 Å². The SMILES string of the molecule is C=CCSCCN=C(N)Nc1ccccc1OC. The summed E-state index contributed by atoms with van der Waals surface area (Å²) in [6.07, 6.45) is 1.88. The van der Waals surface area contributed by atoms with Crippen molar-refractivity contribution in [1.82, 2.24) is 0 Å². The van der Waals surface area contributed by atoms with Crippen LogP contribution in [0.1, 0.15) is 0 Å². The van der Waals surface area contributed by atoms with E-state index in [0.717, 1.165) is 22.9 Å². The van der Waals surface area contributed by atoms with E-state index >= 15 is 0 Å². The summed E-state index contributed by atoms with van der Waals surface area (Å²) < 4.78 is 5.22. The zero-order valence-electron chi connectivity index (χ0n) is 10.6. The van der Waals surface area contributed by atoms with Crippen molar-refractivity contribution in [3.63, 3.8) is 0 Å². The molecule has 3 N–H and O–H groups in total. The van der Waals surface area contributed by atoms with Gasteiger partial charge in [-0.2, -0.15) is 11.8 Å². The van der Waals surface area contributed by atoms with Crippen LogP contribution in [-0.4, -0.2) is 31.1 Å². The molecule has 18 heavy (non-hydrogen) atoms. The molecule has 0 bridgehead atoms. The summed E-state index contributed by atoms with van der Waals surface area (Å²) >= 11 is 1.78. The van der Waals surface area contributed by atoms with Gasteiger partial charge < -0.3 is 15.8 Å². The third-order valence-corrected chi connectivity index (χ3v) is 3.07. The van der Waals surface area contributed by atoms with E-state index in [4.69, 9.17) is 10.5 Å². The second-order valence-electron chi connectivity index (χ2n) is 3.46. The van der Waals surface area contributed by atoms with E-state index in [1.807, 2.05) is 30.3 Å². The predicted octanol–water partition coefficient (Wildman–Crippen LogP) is 2.34. The lowest BCUT2D eigenvalue weighted by molar-refractivity contribution is 0.417. The van der Waals surface area contributed by atoms with Crippen molar-refractivity contribution in [2.75, 3.05) is 30.5 Å². The van der Waals surface area contributed by atoms with Gasteiger partial charge in [0, 0.05) is 11.5 Å². The number of benzene rings is 1. The fourth-order valence-corrected chi connectivity index (χ4v) is 1.88. The molecule has 1 aromatic carbocycles. The number of rotatable bonds is 7. The van der Waals surface area contributed by atoms with E-state index in [9.17, 15) is 0 Å². The zero-order chi connectivity index (χ0) is 13.2. The highest BCUT2D eigenvalue weighted by Crippen LogP contribution is 2.22. The summed E-state index contributed by atoms with van der Waals surface area (Å²) in [6.45, 7) is 4.35. The van der Waals surface area contributed by atoms with Gasteiger partial charge in [-0.1, -0.05) is 18.2 Å². The number of nitrogens with zero attached hydrogens (tertiary/aromatic N) is 1. The van der Waals surface area contributed by atoms with Gasteiger partial charge >= 0.3 is 0 Å². The summed E-state index contributed by atoms with van der Waals surface area (Å²) in [7, 11) is 1.62. The third kappa shape index (κ3) is 5.14. The second-order valence-corrected chi connectivity index (χ2v) is 4.61. The fraction of sp³-hybridized carbons (Fsp3) is 0.308. The lowest BCUT2D eigenvalue weighted by Crippen LogP contribution is -2.23. The number of para-hydroxylation sites is 2. The predicted molar refractivity (Wildman–Crippen MR) is 80.6 cm³/mol. The van der Waals surface area contributed by atoms with Gasteiger partial charge in [-0.25, -0.2) is 0 Å². The van der Waals surface area contributed by atoms with Crippen molar-refractivity contribution < 1.29 is 4.74 Å². The molecule has 1 aromatic rings. The third-order valence-electron chi connectivity index (χ3n) is 2.12. The van der Waals surface area contributed by atoms with Crippen LogP contribution in [0.25, 0.3) is 0 Å². The van der Waals surface area contributed by atoms with Gasteiger partial charge in [0.05, 0.1) is 19.3 Å². The van der Waals surface area contributed by atoms with Gasteiger partial charge in [-0.05, 0) is 12.1 Å². The van der Waals surface area contributed by atoms with Crippen LogP contribution in [0.5, 0.6) is 5.75 Å². The Morgan fingerprint density at radius 3 is 3.06 bits per heavy atom. The van der Waals surface area contributed by atoms with E-state index in [1.54, 1.807) is 18.9 Å². The largest absolute Gasteiger partial charge is 0.495 e. The van der Waals surface area contributed by atoms with Gasteiger partial charge in [0.15, 0.2) is 5.96 Å². The highest BCUT2D eigenvalue weighted by atomic mass is 32.2. The molecule has 0 aliphatic rings. The summed E-state index contributed by atoms with van der Waals surface area (Å²) in [5, 5.41) is 3.03. The minimum absolute atomic E-state index is 0.402. The lowest BCUT2D eigenvalue weighted by Gasteiger charge is -2.09. The summed E-state index contributed by atoms with van der Waals surface area (Å²) in [5.74, 6) is 3.02. The van der Waals surface area contributed by atoms with Gasteiger partial charge in [-0.3, -0.25) is 4.99 Å². The summed E-state index contributed by atoms with van der Waals surface area (Å²) in [4.78, 5) is 4.24. The first-order valence-electron chi connectivity index (χ1n) is 5.66. The number of hydrogen-bond acceptors (Lipinski definition) is 3. The highest BCUT2D eigenvalue weighted by molar-refractivity contribution is 7.99. The number of thioether (sulfide) groups is 1. The number of guanidine groups is 1.